The second-order valence-corrected chi connectivity index (χ2v) is 3.42. The Balaban J connectivity index is 2.42. The van der Waals surface area contributed by atoms with Gasteiger partial charge >= 0.3 is 0 Å². The lowest BCUT2D eigenvalue weighted by Crippen LogP contribution is -2.00. The number of rotatable bonds is 3. The molecule has 2 rings (SSSR count). The van der Waals surface area contributed by atoms with E-state index in [0.717, 1.165) is 6.61 Å². The van der Waals surface area contributed by atoms with Crippen LogP contribution in [0.3, 0.4) is 0 Å². The van der Waals surface area contributed by atoms with Crippen molar-refractivity contribution >= 4 is 10.9 Å². The third kappa shape index (κ3) is 1.53. The molecule has 0 aliphatic carbocycles. The molecule has 2 nitrogen and oxygen atoms in total. The van der Waals surface area contributed by atoms with Gasteiger partial charge in [-0.2, -0.15) is 0 Å². The van der Waals surface area contributed by atoms with Crippen LogP contribution in [-0.4, -0.2) is 11.2 Å². The van der Waals surface area contributed by atoms with Crippen molar-refractivity contribution in [3.8, 4) is 0 Å². The summed E-state index contributed by atoms with van der Waals surface area (Å²) in [5, 5.41) is 1.31. The number of benzene rings is 1. The van der Waals surface area contributed by atoms with Gasteiger partial charge in [0.1, 0.15) is 6.73 Å². The summed E-state index contributed by atoms with van der Waals surface area (Å²) in [5.74, 6) is 0. The van der Waals surface area contributed by atoms with Gasteiger partial charge in [0.15, 0.2) is 0 Å². The molecule has 2 aromatic rings. The third-order valence-corrected chi connectivity index (χ3v) is 2.47. The van der Waals surface area contributed by atoms with E-state index < -0.39 is 0 Å². The van der Waals surface area contributed by atoms with Crippen LogP contribution in [0.5, 0.6) is 0 Å². The molecular weight excluding hydrogens is 174 g/mol. The Morgan fingerprint density at radius 1 is 1.29 bits per heavy atom. The van der Waals surface area contributed by atoms with Gasteiger partial charge in [-0.25, -0.2) is 0 Å². The number of hydrogen-bond donors (Lipinski definition) is 0. The molecule has 0 bridgehead atoms. The van der Waals surface area contributed by atoms with Gasteiger partial charge in [0, 0.05) is 18.2 Å². The molecule has 0 amide bonds. The Kier molecular flexibility index (Phi) is 2.55. The zero-order valence-corrected chi connectivity index (χ0v) is 8.66. The Morgan fingerprint density at radius 3 is 2.93 bits per heavy atom. The van der Waals surface area contributed by atoms with Gasteiger partial charge in [0.25, 0.3) is 0 Å². The van der Waals surface area contributed by atoms with Crippen molar-refractivity contribution in [2.75, 3.05) is 6.61 Å². The van der Waals surface area contributed by atoms with Crippen LogP contribution >= 0.6 is 0 Å². The largest absolute Gasteiger partial charge is 0.361 e. The first kappa shape index (κ1) is 9.28. The summed E-state index contributed by atoms with van der Waals surface area (Å²) in [7, 11) is 0. The predicted octanol–water partition coefficient (Wildman–Crippen LogP) is 2.94. The molecule has 0 radical (unpaired) electrons. The third-order valence-electron chi connectivity index (χ3n) is 2.47. The van der Waals surface area contributed by atoms with E-state index in [-0.39, 0.29) is 0 Å². The zero-order valence-electron chi connectivity index (χ0n) is 8.66. The minimum atomic E-state index is 0.642. The molecule has 0 aliphatic heterocycles. The lowest BCUT2D eigenvalue weighted by Gasteiger charge is -2.05. The van der Waals surface area contributed by atoms with E-state index in [1.807, 2.05) is 6.92 Å². The van der Waals surface area contributed by atoms with Crippen LogP contribution in [0.2, 0.25) is 0 Å². The fraction of sp³-hybridized carbons (Fsp3) is 0.333. The van der Waals surface area contributed by atoms with Crippen molar-refractivity contribution in [2.45, 2.75) is 20.6 Å². The number of ether oxygens (including phenoxy) is 1. The van der Waals surface area contributed by atoms with Gasteiger partial charge in [-0.05, 0) is 31.5 Å². The molecule has 0 N–H and O–H groups in total. The highest BCUT2D eigenvalue weighted by molar-refractivity contribution is 5.83. The standard InChI is InChI=1S/C12H15NO/c1-3-14-9-13-8-7-11-10(2)5-4-6-12(11)13/h4-8H,3,9H2,1-2H3. The summed E-state index contributed by atoms with van der Waals surface area (Å²) >= 11 is 0. The SMILES string of the molecule is CCOCn1ccc2c(C)cccc21. The average Bonchev–Trinajstić information content (AvgIpc) is 2.60. The minimum Gasteiger partial charge on any atom is -0.361 e. The van der Waals surface area contributed by atoms with Gasteiger partial charge in [0.2, 0.25) is 0 Å². The minimum absolute atomic E-state index is 0.642. The van der Waals surface area contributed by atoms with Crippen molar-refractivity contribution in [3.05, 3.63) is 36.0 Å². The first-order chi connectivity index (χ1) is 6.83. The summed E-state index contributed by atoms with van der Waals surface area (Å²) in [4.78, 5) is 0. The molecule has 0 aliphatic rings. The summed E-state index contributed by atoms with van der Waals surface area (Å²) in [6, 6.07) is 8.48. The fourth-order valence-corrected chi connectivity index (χ4v) is 1.68. The molecule has 1 aromatic heterocycles. The van der Waals surface area contributed by atoms with Crippen molar-refractivity contribution in [1.82, 2.24) is 4.57 Å². The summed E-state index contributed by atoms with van der Waals surface area (Å²) in [6.45, 7) is 5.54. The van der Waals surface area contributed by atoms with Crippen molar-refractivity contribution in [2.24, 2.45) is 0 Å². The van der Waals surface area contributed by atoms with E-state index in [1.165, 1.54) is 16.5 Å². The molecule has 0 unspecified atom stereocenters. The first-order valence-electron chi connectivity index (χ1n) is 4.95. The number of aryl methyl sites for hydroxylation is 1. The van der Waals surface area contributed by atoms with Gasteiger partial charge in [-0.3, -0.25) is 0 Å². The maximum atomic E-state index is 5.39. The van der Waals surface area contributed by atoms with Crippen LogP contribution in [0.4, 0.5) is 0 Å². The van der Waals surface area contributed by atoms with Gasteiger partial charge < -0.3 is 9.30 Å². The van der Waals surface area contributed by atoms with E-state index in [4.69, 9.17) is 4.74 Å². The van der Waals surface area contributed by atoms with Crippen LogP contribution in [0.1, 0.15) is 12.5 Å². The molecule has 0 saturated carbocycles. The summed E-state index contributed by atoms with van der Waals surface area (Å²) in [6.07, 6.45) is 2.08. The Hall–Kier alpha value is -1.28. The Labute approximate surface area is 84.1 Å². The number of fused-ring (bicyclic) bond motifs is 1. The highest BCUT2D eigenvalue weighted by Gasteiger charge is 2.01. The lowest BCUT2D eigenvalue weighted by molar-refractivity contribution is 0.0909. The highest BCUT2D eigenvalue weighted by atomic mass is 16.5. The molecule has 1 aromatic carbocycles. The van der Waals surface area contributed by atoms with Crippen LogP contribution in [0, 0.1) is 6.92 Å². The van der Waals surface area contributed by atoms with Crippen molar-refractivity contribution < 1.29 is 4.74 Å². The molecule has 0 saturated heterocycles. The molecule has 2 heteroatoms. The second kappa shape index (κ2) is 3.84. The smallest absolute Gasteiger partial charge is 0.122 e. The first-order valence-corrected chi connectivity index (χ1v) is 4.95. The normalized spacial score (nSPS) is 11.0. The molecule has 0 fully saturated rings. The average molecular weight is 189 g/mol. The second-order valence-electron chi connectivity index (χ2n) is 3.42. The molecule has 0 atom stereocenters. The topological polar surface area (TPSA) is 14.2 Å². The van der Waals surface area contributed by atoms with Crippen LogP contribution in [0.25, 0.3) is 10.9 Å². The van der Waals surface area contributed by atoms with Gasteiger partial charge in [-0.1, -0.05) is 12.1 Å². The van der Waals surface area contributed by atoms with Gasteiger partial charge in [-0.15, -0.1) is 0 Å². The maximum absolute atomic E-state index is 5.39. The molecule has 1 heterocycles. The Morgan fingerprint density at radius 2 is 2.14 bits per heavy atom. The van der Waals surface area contributed by atoms with E-state index in [9.17, 15) is 0 Å². The van der Waals surface area contributed by atoms with E-state index in [0.29, 0.717) is 6.73 Å². The quantitative estimate of drug-likeness (QED) is 0.724. The zero-order chi connectivity index (χ0) is 9.97. The molecular formula is C12H15NO. The van der Waals surface area contributed by atoms with E-state index in [2.05, 4.69) is 42.0 Å². The van der Waals surface area contributed by atoms with Crippen LogP contribution in [-0.2, 0) is 11.5 Å². The van der Waals surface area contributed by atoms with E-state index >= 15 is 0 Å². The number of aromatic nitrogens is 1. The summed E-state index contributed by atoms with van der Waals surface area (Å²) < 4.78 is 7.52. The van der Waals surface area contributed by atoms with E-state index in [1.54, 1.807) is 0 Å². The molecule has 14 heavy (non-hydrogen) atoms. The van der Waals surface area contributed by atoms with Crippen molar-refractivity contribution in [3.63, 3.8) is 0 Å². The fourth-order valence-electron chi connectivity index (χ4n) is 1.68. The molecule has 74 valence electrons. The maximum Gasteiger partial charge on any atom is 0.122 e. The monoisotopic (exact) mass is 189 g/mol. The lowest BCUT2D eigenvalue weighted by atomic mass is 10.1. The summed E-state index contributed by atoms with van der Waals surface area (Å²) in [5.41, 5.74) is 2.57. The number of hydrogen-bond acceptors (Lipinski definition) is 1. The predicted molar refractivity (Wildman–Crippen MR) is 58.3 cm³/mol. The highest BCUT2D eigenvalue weighted by Crippen LogP contribution is 2.19. The number of nitrogens with zero attached hydrogens (tertiary/aromatic N) is 1. The molecule has 0 spiro atoms. The Bertz CT molecular complexity index is 431. The van der Waals surface area contributed by atoms with Crippen molar-refractivity contribution in [1.29, 1.82) is 0 Å². The van der Waals surface area contributed by atoms with Gasteiger partial charge in [0.05, 0.1) is 5.52 Å². The van der Waals surface area contributed by atoms with Crippen LogP contribution < -0.4 is 0 Å². The van der Waals surface area contributed by atoms with Crippen LogP contribution in [0.15, 0.2) is 30.5 Å².